The van der Waals surface area contributed by atoms with Crippen LogP contribution in [0.2, 0.25) is 0 Å². The maximum absolute atomic E-state index is 13.3. The molecule has 0 aliphatic heterocycles. The summed E-state index contributed by atoms with van der Waals surface area (Å²) < 4.78 is 18.2. The predicted molar refractivity (Wildman–Crippen MR) is 73.3 cm³/mol. The molecular formula is C15H20FNO3. The minimum Gasteiger partial charge on any atom is -0.494 e. The Balaban J connectivity index is 2.10. The lowest BCUT2D eigenvalue weighted by molar-refractivity contribution is 0.0156. The third kappa shape index (κ3) is 3.10. The monoisotopic (exact) mass is 281 g/mol. The Labute approximate surface area is 118 Å². The number of hydrogen-bond acceptors (Lipinski definition) is 3. The summed E-state index contributed by atoms with van der Waals surface area (Å²) in [6.45, 7) is 0.297. The fourth-order valence-electron chi connectivity index (χ4n) is 2.72. The van der Waals surface area contributed by atoms with Gasteiger partial charge in [-0.1, -0.05) is 12.8 Å². The molecule has 1 saturated carbocycles. The number of carbonyl (C=O) groups is 1. The van der Waals surface area contributed by atoms with E-state index in [9.17, 15) is 14.3 Å². The minimum atomic E-state index is -0.783. The van der Waals surface area contributed by atoms with Gasteiger partial charge in [0, 0.05) is 19.2 Å². The first kappa shape index (κ1) is 14.8. The van der Waals surface area contributed by atoms with Crippen LogP contribution < -0.4 is 4.74 Å². The molecular weight excluding hydrogens is 261 g/mol. The van der Waals surface area contributed by atoms with Gasteiger partial charge in [-0.3, -0.25) is 4.79 Å². The lowest BCUT2D eigenvalue weighted by Crippen LogP contribution is -2.42. The third-order valence-electron chi connectivity index (χ3n) is 3.81. The highest BCUT2D eigenvalue weighted by atomic mass is 19.1. The lowest BCUT2D eigenvalue weighted by Gasteiger charge is -2.28. The van der Waals surface area contributed by atoms with E-state index in [-0.39, 0.29) is 11.7 Å². The van der Waals surface area contributed by atoms with Gasteiger partial charge in [-0.2, -0.15) is 0 Å². The summed E-state index contributed by atoms with van der Waals surface area (Å²) in [5, 5.41) is 10.3. The normalized spacial score (nSPS) is 17.0. The number of ether oxygens (including phenoxy) is 1. The SMILES string of the molecule is COc1cc(C(=O)N(C)CC2(O)CCCC2)ccc1F. The van der Waals surface area contributed by atoms with Gasteiger partial charge in [-0.15, -0.1) is 0 Å². The molecule has 1 aromatic rings. The summed E-state index contributed by atoms with van der Waals surface area (Å²) >= 11 is 0. The first-order chi connectivity index (χ1) is 9.45. The van der Waals surface area contributed by atoms with Crippen LogP contribution in [0.4, 0.5) is 4.39 Å². The Bertz CT molecular complexity index is 498. The molecule has 1 fully saturated rings. The van der Waals surface area contributed by atoms with E-state index in [1.54, 1.807) is 7.05 Å². The van der Waals surface area contributed by atoms with Crippen LogP contribution in [-0.4, -0.2) is 42.2 Å². The van der Waals surface area contributed by atoms with Crippen molar-refractivity contribution in [3.05, 3.63) is 29.6 Å². The number of hydrogen-bond donors (Lipinski definition) is 1. The average Bonchev–Trinajstić information content (AvgIpc) is 2.85. The molecule has 0 heterocycles. The second-order valence-corrected chi connectivity index (χ2v) is 5.44. The Kier molecular flexibility index (Phi) is 4.28. The second-order valence-electron chi connectivity index (χ2n) is 5.44. The summed E-state index contributed by atoms with van der Waals surface area (Å²) in [7, 11) is 3.01. The van der Waals surface area contributed by atoms with E-state index in [2.05, 4.69) is 0 Å². The van der Waals surface area contributed by atoms with Crippen LogP contribution in [0, 0.1) is 5.82 Å². The molecule has 0 unspecified atom stereocenters. The molecule has 20 heavy (non-hydrogen) atoms. The number of benzene rings is 1. The maximum Gasteiger partial charge on any atom is 0.253 e. The van der Waals surface area contributed by atoms with Crippen LogP contribution in [0.3, 0.4) is 0 Å². The van der Waals surface area contributed by atoms with Gasteiger partial charge in [0.25, 0.3) is 5.91 Å². The Morgan fingerprint density at radius 2 is 2.10 bits per heavy atom. The molecule has 1 aliphatic carbocycles. The summed E-state index contributed by atoms with van der Waals surface area (Å²) in [4.78, 5) is 13.8. The zero-order chi connectivity index (χ0) is 14.8. The van der Waals surface area contributed by atoms with Gasteiger partial charge >= 0.3 is 0 Å². The summed E-state index contributed by atoms with van der Waals surface area (Å²) in [5.74, 6) is -0.700. The highest BCUT2D eigenvalue weighted by molar-refractivity contribution is 5.94. The number of carbonyl (C=O) groups excluding carboxylic acids is 1. The molecule has 1 amide bonds. The molecule has 110 valence electrons. The van der Waals surface area contributed by atoms with Crippen LogP contribution in [0.25, 0.3) is 0 Å². The summed E-state index contributed by atoms with van der Waals surface area (Å²) in [6.07, 6.45) is 3.42. The molecule has 1 N–H and O–H groups in total. The second kappa shape index (κ2) is 5.79. The Hall–Kier alpha value is -1.62. The number of methoxy groups -OCH3 is 1. The smallest absolute Gasteiger partial charge is 0.253 e. The fraction of sp³-hybridized carbons (Fsp3) is 0.533. The molecule has 0 spiro atoms. The van der Waals surface area contributed by atoms with Gasteiger partial charge in [0.2, 0.25) is 0 Å². The highest BCUT2D eigenvalue weighted by Crippen LogP contribution is 2.30. The van der Waals surface area contributed by atoms with Crippen LogP contribution in [-0.2, 0) is 0 Å². The Morgan fingerprint density at radius 3 is 2.70 bits per heavy atom. The zero-order valence-corrected chi connectivity index (χ0v) is 11.9. The van der Waals surface area contributed by atoms with Crippen molar-refractivity contribution in [1.82, 2.24) is 4.90 Å². The van der Waals surface area contributed by atoms with Gasteiger partial charge in [-0.05, 0) is 31.0 Å². The number of nitrogens with zero attached hydrogens (tertiary/aromatic N) is 1. The number of aliphatic hydroxyl groups is 1. The minimum absolute atomic E-state index is 0.0452. The topological polar surface area (TPSA) is 49.8 Å². The molecule has 0 bridgehead atoms. The first-order valence-electron chi connectivity index (χ1n) is 6.76. The number of likely N-dealkylation sites (N-methyl/N-ethyl adjacent to an activating group) is 1. The molecule has 4 nitrogen and oxygen atoms in total. The summed E-state index contributed by atoms with van der Waals surface area (Å²) in [6, 6.07) is 4.02. The standard InChI is InChI=1S/C15H20FNO3/c1-17(10-15(19)7-3-4-8-15)14(18)11-5-6-12(16)13(9-11)20-2/h5-6,9,19H,3-4,7-8,10H2,1-2H3. The summed E-state index contributed by atoms with van der Waals surface area (Å²) in [5.41, 5.74) is -0.429. The maximum atomic E-state index is 13.3. The van der Waals surface area contributed by atoms with Gasteiger partial charge in [-0.25, -0.2) is 4.39 Å². The van der Waals surface area contributed by atoms with Gasteiger partial charge in [0.1, 0.15) is 0 Å². The van der Waals surface area contributed by atoms with Crippen molar-refractivity contribution < 1.29 is 19.0 Å². The first-order valence-corrected chi connectivity index (χ1v) is 6.76. The largest absolute Gasteiger partial charge is 0.494 e. The van der Waals surface area contributed by atoms with Crippen molar-refractivity contribution in [2.24, 2.45) is 0 Å². The molecule has 0 radical (unpaired) electrons. The average molecular weight is 281 g/mol. The molecule has 1 aliphatic rings. The van der Waals surface area contributed by atoms with E-state index in [1.807, 2.05) is 0 Å². The number of halogens is 1. The van der Waals surface area contributed by atoms with Gasteiger partial charge in [0.15, 0.2) is 11.6 Å². The van der Waals surface area contributed by atoms with Crippen molar-refractivity contribution in [2.45, 2.75) is 31.3 Å². The molecule has 0 atom stereocenters. The van der Waals surface area contributed by atoms with Crippen molar-refractivity contribution in [2.75, 3.05) is 20.7 Å². The molecule has 1 aromatic carbocycles. The molecule has 2 rings (SSSR count). The lowest BCUT2D eigenvalue weighted by atomic mass is 10.0. The van der Waals surface area contributed by atoms with E-state index >= 15 is 0 Å². The molecule has 0 saturated heterocycles. The molecule has 0 aromatic heterocycles. The third-order valence-corrected chi connectivity index (χ3v) is 3.81. The van der Waals surface area contributed by atoms with E-state index in [0.29, 0.717) is 12.1 Å². The van der Waals surface area contributed by atoms with Crippen molar-refractivity contribution in [1.29, 1.82) is 0 Å². The fourth-order valence-corrected chi connectivity index (χ4v) is 2.72. The highest BCUT2D eigenvalue weighted by Gasteiger charge is 2.33. The predicted octanol–water partition coefficient (Wildman–Crippen LogP) is 2.21. The van der Waals surface area contributed by atoms with Crippen molar-refractivity contribution >= 4 is 5.91 Å². The Morgan fingerprint density at radius 1 is 1.45 bits per heavy atom. The van der Waals surface area contributed by atoms with Crippen LogP contribution in [0.5, 0.6) is 5.75 Å². The van der Waals surface area contributed by atoms with Crippen LogP contribution in [0.1, 0.15) is 36.0 Å². The molecule has 5 heteroatoms. The van der Waals surface area contributed by atoms with Crippen LogP contribution >= 0.6 is 0 Å². The van der Waals surface area contributed by atoms with E-state index in [0.717, 1.165) is 25.7 Å². The van der Waals surface area contributed by atoms with Crippen molar-refractivity contribution in [3.8, 4) is 5.75 Å². The quantitative estimate of drug-likeness (QED) is 0.920. The zero-order valence-electron chi connectivity index (χ0n) is 11.9. The van der Waals surface area contributed by atoms with Crippen molar-refractivity contribution in [3.63, 3.8) is 0 Å². The van der Waals surface area contributed by atoms with Gasteiger partial charge in [0.05, 0.1) is 12.7 Å². The van der Waals surface area contributed by atoms with Crippen LogP contribution in [0.15, 0.2) is 18.2 Å². The number of rotatable bonds is 4. The van der Waals surface area contributed by atoms with Gasteiger partial charge < -0.3 is 14.7 Å². The number of amides is 1. The van der Waals surface area contributed by atoms with E-state index in [1.165, 1.54) is 30.2 Å². The van der Waals surface area contributed by atoms with E-state index in [4.69, 9.17) is 4.74 Å². The van der Waals surface area contributed by atoms with E-state index < -0.39 is 11.4 Å².